The number of benzene rings is 2. The number of anilines is 1. The second kappa shape index (κ2) is 5.15. The van der Waals surface area contributed by atoms with Crippen LogP contribution in [0.4, 0.5) is 10.1 Å². The normalized spacial score (nSPS) is 20.2. The first-order chi connectivity index (χ1) is 10.3. The summed E-state index contributed by atoms with van der Waals surface area (Å²) in [4.78, 5) is 2.32. The first-order valence-electron chi connectivity index (χ1n) is 7.66. The molecule has 0 fully saturated rings. The summed E-state index contributed by atoms with van der Waals surface area (Å²) in [6.07, 6.45) is 2.11. The molecule has 2 aliphatic rings. The largest absolute Gasteiger partial charge is 0.369 e. The summed E-state index contributed by atoms with van der Waals surface area (Å²) < 4.78 is 13.5. The van der Waals surface area contributed by atoms with Crippen molar-refractivity contribution in [3.05, 3.63) is 65.0 Å². The van der Waals surface area contributed by atoms with Crippen LogP contribution in [0.15, 0.2) is 42.5 Å². The van der Waals surface area contributed by atoms with Gasteiger partial charge in [0.1, 0.15) is 5.82 Å². The summed E-state index contributed by atoms with van der Waals surface area (Å²) in [5, 5.41) is 3.61. The summed E-state index contributed by atoms with van der Waals surface area (Å²) in [7, 11) is 0. The van der Waals surface area contributed by atoms with Gasteiger partial charge in [0.2, 0.25) is 0 Å². The highest BCUT2D eigenvalue weighted by molar-refractivity contribution is 5.58. The fraction of sp³-hybridized carbons (Fsp3) is 0.333. The van der Waals surface area contributed by atoms with E-state index < -0.39 is 0 Å². The van der Waals surface area contributed by atoms with Crippen LogP contribution in [0.3, 0.4) is 0 Å². The van der Waals surface area contributed by atoms with E-state index in [1.165, 1.54) is 16.7 Å². The van der Waals surface area contributed by atoms with Gasteiger partial charge in [0.05, 0.1) is 6.04 Å². The SMILES string of the molecule is Fc1ccc2c(c1)N(CC1NCCc3ccccc31)CC2. The fourth-order valence-electron chi connectivity index (χ4n) is 3.58. The molecule has 0 spiro atoms. The Morgan fingerprint density at radius 1 is 1.10 bits per heavy atom. The number of hydrogen-bond acceptors (Lipinski definition) is 2. The van der Waals surface area contributed by atoms with E-state index in [9.17, 15) is 4.39 Å². The summed E-state index contributed by atoms with van der Waals surface area (Å²) in [5.41, 5.74) is 5.17. The molecule has 0 radical (unpaired) electrons. The van der Waals surface area contributed by atoms with Gasteiger partial charge in [-0.05, 0) is 48.2 Å². The van der Waals surface area contributed by atoms with Crippen molar-refractivity contribution >= 4 is 5.69 Å². The first kappa shape index (κ1) is 12.8. The molecular weight excluding hydrogens is 263 g/mol. The zero-order valence-electron chi connectivity index (χ0n) is 12.0. The van der Waals surface area contributed by atoms with Crippen LogP contribution in [0.5, 0.6) is 0 Å². The second-order valence-corrected chi connectivity index (χ2v) is 5.92. The molecule has 1 N–H and O–H groups in total. The standard InChI is InChI=1S/C18H19FN2/c19-15-6-5-14-8-10-21(18(14)11-15)12-17-16-4-2-1-3-13(16)7-9-20-17/h1-6,11,17,20H,7-10,12H2. The highest BCUT2D eigenvalue weighted by Gasteiger charge is 2.25. The van der Waals surface area contributed by atoms with Gasteiger partial charge in [0, 0.05) is 18.8 Å². The molecule has 2 nitrogen and oxygen atoms in total. The van der Waals surface area contributed by atoms with E-state index >= 15 is 0 Å². The lowest BCUT2D eigenvalue weighted by Crippen LogP contribution is -2.38. The van der Waals surface area contributed by atoms with E-state index in [0.29, 0.717) is 6.04 Å². The van der Waals surface area contributed by atoms with Crippen LogP contribution < -0.4 is 10.2 Å². The first-order valence-corrected chi connectivity index (χ1v) is 7.66. The molecule has 2 aromatic rings. The Bertz CT molecular complexity index is 668. The van der Waals surface area contributed by atoms with Crippen molar-refractivity contribution in [1.82, 2.24) is 5.32 Å². The summed E-state index contributed by atoms with van der Waals surface area (Å²) >= 11 is 0. The van der Waals surface area contributed by atoms with Gasteiger partial charge in [0.15, 0.2) is 0 Å². The van der Waals surface area contributed by atoms with Gasteiger partial charge in [-0.15, -0.1) is 0 Å². The lowest BCUT2D eigenvalue weighted by Gasteiger charge is -2.31. The Morgan fingerprint density at radius 3 is 2.95 bits per heavy atom. The summed E-state index contributed by atoms with van der Waals surface area (Å²) in [5.74, 6) is -0.141. The number of fused-ring (bicyclic) bond motifs is 2. The average molecular weight is 282 g/mol. The van der Waals surface area contributed by atoms with Crippen molar-refractivity contribution in [3.8, 4) is 0 Å². The molecule has 0 amide bonds. The minimum atomic E-state index is -0.141. The maximum atomic E-state index is 13.5. The smallest absolute Gasteiger partial charge is 0.125 e. The van der Waals surface area contributed by atoms with E-state index in [0.717, 1.165) is 38.2 Å². The lowest BCUT2D eigenvalue weighted by atomic mass is 9.94. The van der Waals surface area contributed by atoms with Crippen molar-refractivity contribution in [3.63, 3.8) is 0 Å². The molecule has 0 saturated carbocycles. The van der Waals surface area contributed by atoms with Crippen LogP contribution >= 0.6 is 0 Å². The molecule has 1 atom stereocenters. The van der Waals surface area contributed by atoms with Gasteiger partial charge in [-0.1, -0.05) is 30.3 Å². The average Bonchev–Trinajstić information content (AvgIpc) is 2.90. The molecule has 21 heavy (non-hydrogen) atoms. The molecule has 108 valence electrons. The predicted octanol–water partition coefficient (Wildman–Crippen LogP) is 3.08. The predicted molar refractivity (Wildman–Crippen MR) is 83.2 cm³/mol. The number of hydrogen-bond donors (Lipinski definition) is 1. The van der Waals surface area contributed by atoms with Gasteiger partial charge >= 0.3 is 0 Å². The quantitative estimate of drug-likeness (QED) is 0.910. The number of nitrogens with one attached hydrogen (secondary N) is 1. The number of halogens is 1. The summed E-state index contributed by atoms with van der Waals surface area (Å²) in [6, 6.07) is 14.2. The topological polar surface area (TPSA) is 15.3 Å². The molecule has 2 aromatic carbocycles. The third-order valence-electron chi connectivity index (χ3n) is 4.66. The Morgan fingerprint density at radius 2 is 2.00 bits per heavy atom. The molecule has 3 heteroatoms. The second-order valence-electron chi connectivity index (χ2n) is 5.92. The Balaban J connectivity index is 1.60. The number of nitrogens with zero attached hydrogens (tertiary/aromatic N) is 1. The molecule has 0 saturated heterocycles. The molecule has 0 aromatic heterocycles. The van der Waals surface area contributed by atoms with Crippen LogP contribution in [0.2, 0.25) is 0 Å². The third-order valence-corrected chi connectivity index (χ3v) is 4.66. The van der Waals surface area contributed by atoms with Gasteiger partial charge in [-0.3, -0.25) is 0 Å². The van der Waals surface area contributed by atoms with Gasteiger partial charge < -0.3 is 10.2 Å². The highest BCUT2D eigenvalue weighted by Crippen LogP contribution is 2.31. The Labute approximate surface area is 124 Å². The molecule has 2 aliphatic heterocycles. The van der Waals surface area contributed by atoms with Gasteiger partial charge in [-0.2, -0.15) is 0 Å². The van der Waals surface area contributed by atoms with Crippen molar-refractivity contribution in [2.75, 3.05) is 24.5 Å². The van der Waals surface area contributed by atoms with Gasteiger partial charge in [0.25, 0.3) is 0 Å². The number of rotatable bonds is 2. The van der Waals surface area contributed by atoms with Crippen LogP contribution in [0.1, 0.15) is 22.7 Å². The molecule has 4 rings (SSSR count). The highest BCUT2D eigenvalue weighted by atomic mass is 19.1. The molecular formula is C18H19FN2. The maximum Gasteiger partial charge on any atom is 0.125 e. The minimum absolute atomic E-state index is 0.141. The van der Waals surface area contributed by atoms with Crippen molar-refractivity contribution in [2.45, 2.75) is 18.9 Å². The van der Waals surface area contributed by atoms with Crippen LogP contribution in [0, 0.1) is 5.82 Å². The van der Waals surface area contributed by atoms with Crippen LogP contribution in [0.25, 0.3) is 0 Å². The van der Waals surface area contributed by atoms with Crippen molar-refractivity contribution in [2.24, 2.45) is 0 Å². The van der Waals surface area contributed by atoms with Crippen molar-refractivity contribution < 1.29 is 4.39 Å². The van der Waals surface area contributed by atoms with E-state index in [2.05, 4.69) is 34.5 Å². The minimum Gasteiger partial charge on any atom is -0.369 e. The molecule has 0 aliphatic carbocycles. The maximum absolute atomic E-state index is 13.5. The van der Waals surface area contributed by atoms with Crippen LogP contribution in [-0.4, -0.2) is 19.6 Å². The van der Waals surface area contributed by atoms with E-state index in [4.69, 9.17) is 0 Å². The van der Waals surface area contributed by atoms with E-state index in [1.54, 1.807) is 12.1 Å². The monoisotopic (exact) mass is 282 g/mol. The van der Waals surface area contributed by atoms with Gasteiger partial charge in [-0.25, -0.2) is 4.39 Å². The zero-order chi connectivity index (χ0) is 14.2. The summed E-state index contributed by atoms with van der Waals surface area (Å²) in [6.45, 7) is 2.91. The van der Waals surface area contributed by atoms with E-state index in [1.807, 2.05) is 6.07 Å². The fourth-order valence-corrected chi connectivity index (χ4v) is 3.58. The molecule has 2 heterocycles. The lowest BCUT2D eigenvalue weighted by molar-refractivity contribution is 0.499. The zero-order valence-corrected chi connectivity index (χ0v) is 12.0. The Hall–Kier alpha value is -1.87. The van der Waals surface area contributed by atoms with Crippen molar-refractivity contribution in [1.29, 1.82) is 0 Å². The molecule has 0 bridgehead atoms. The van der Waals surface area contributed by atoms with Crippen LogP contribution in [-0.2, 0) is 12.8 Å². The Kier molecular flexibility index (Phi) is 3.15. The molecule has 1 unspecified atom stereocenters. The third kappa shape index (κ3) is 2.32. The van der Waals surface area contributed by atoms with E-state index in [-0.39, 0.29) is 5.82 Å².